The third kappa shape index (κ3) is 6.65. The number of aromatic nitrogens is 1. The van der Waals surface area contributed by atoms with E-state index >= 15 is 0 Å². The first kappa shape index (κ1) is 24.6. The molecule has 9 heteroatoms. The summed E-state index contributed by atoms with van der Waals surface area (Å²) in [6, 6.07) is 4.61. The Morgan fingerprint density at radius 2 is 1.87 bits per heavy atom. The lowest BCUT2D eigenvalue weighted by Crippen LogP contribution is -2.38. The number of halogens is 3. The number of hydrogen-bond acceptors (Lipinski definition) is 4. The lowest BCUT2D eigenvalue weighted by molar-refractivity contribution is -0.137. The average molecular weight is 455 g/mol. The van der Waals surface area contributed by atoms with Gasteiger partial charge < -0.3 is 5.32 Å². The molecule has 0 radical (unpaired) electrons. The smallest absolute Gasteiger partial charge is 0.355 e. The number of Topliss-reactive ketones (excluding diaryl/α,β-unsaturated/α-hetero) is 1. The number of rotatable bonds is 6. The van der Waals surface area contributed by atoms with Crippen LogP contribution in [0.3, 0.4) is 0 Å². The third-order valence-corrected chi connectivity index (χ3v) is 5.38. The van der Waals surface area contributed by atoms with E-state index in [-0.39, 0.29) is 33.0 Å². The second-order valence-corrected chi connectivity index (χ2v) is 9.13. The van der Waals surface area contributed by atoms with Crippen molar-refractivity contribution >= 4 is 35.2 Å². The molecule has 0 saturated carbocycles. The van der Waals surface area contributed by atoms with Gasteiger partial charge in [-0.2, -0.15) is 13.2 Å². The molecule has 1 heterocycles. The highest BCUT2D eigenvalue weighted by Gasteiger charge is 2.30. The quantitative estimate of drug-likeness (QED) is 0.730. The molecule has 0 aliphatic carbocycles. The zero-order valence-corrected chi connectivity index (χ0v) is 18.6. The number of amides is 1. The van der Waals surface area contributed by atoms with E-state index in [0.717, 1.165) is 29.9 Å². The number of nitrogens with zero attached hydrogens (tertiary/aromatic N) is 1. The lowest BCUT2D eigenvalue weighted by atomic mass is 9.91. The highest BCUT2D eigenvalue weighted by Crippen LogP contribution is 2.29. The van der Waals surface area contributed by atoms with Gasteiger partial charge in [-0.3, -0.25) is 19.0 Å². The molecule has 0 unspecified atom stereocenters. The molecule has 168 valence electrons. The van der Waals surface area contributed by atoms with Crippen LogP contribution in [-0.2, 0) is 22.3 Å². The Hall–Kier alpha value is -2.68. The molecule has 0 atom stereocenters. The summed E-state index contributed by atoms with van der Waals surface area (Å²) in [5, 5.41) is 2.67. The summed E-state index contributed by atoms with van der Waals surface area (Å²) in [4.78, 5) is 37.6. The lowest BCUT2D eigenvalue weighted by Gasteiger charge is -2.12. The van der Waals surface area contributed by atoms with E-state index in [4.69, 9.17) is 0 Å². The van der Waals surface area contributed by atoms with Gasteiger partial charge in [-0.1, -0.05) is 39.8 Å². The van der Waals surface area contributed by atoms with Gasteiger partial charge in [0, 0.05) is 18.0 Å². The molecule has 31 heavy (non-hydrogen) atoms. The summed E-state index contributed by atoms with van der Waals surface area (Å²) < 4.78 is 40.6. The van der Waals surface area contributed by atoms with Crippen LogP contribution in [0.4, 0.5) is 13.2 Å². The van der Waals surface area contributed by atoms with E-state index in [9.17, 15) is 27.6 Å². The van der Waals surface area contributed by atoms with Gasteiger partial charge in [0.1, 0.15) is 11.2 Å². The van der Waals surface area contributed by atoms with Crippen LogP contribution >= 0.6 is 11.3 Å². The molecular formula is C22H25F3N2O3S. The Kier molecular flexibility index (Phi) is 7.64. The van der Waals surface area contributed by atoms with Crippen molar-refractivity contribution in [1.29, 1.82) is 0 Å². The Balaban J connectivity index is 2.62. The molecule has 0 spiro atoms. The molecule has 1 amide bonds. The monoisotopic (exact) mass is 454 g/mol. The Morgan fingerprint density at radius 3 is 2.45 bits per heavy atom. The second-order valence-electron chi connectivity index (χ2n) is 8.07. The van der Waals surface area contributed by atoms with Crippen LogP contribution in [-0.4, -0.2) is 22.8 Å². The maximum Gasteiger partial charge on any atom is 0.416 e. The van der Waals surface area contributed by atoms with Gasteiger partial charge in [0.15, 0.2) is 5.78 Å². The van der Waals surface area contributed by atoms with Gasteiger partial charge >= 0.3 is 6.18 Å². The molecular weight excluding hydrogens is 429 g/mol. The van der Waals surface area contributed by atoms with Crippen LogP contribution in [0.25, 0.3) is 12.2 Å². The Morgan fingerprint density at radius 1 is 1.19 bits per heavy atom. The normalized spacial score (nSPS) is 13.5. The molecule has 0 aliphatic rings. The zero-order valence-electron chi connectivity index (χ0n) is 17.8. The van der Waals surface area contributed by atoms with Crippen LogP contribution < -0.4 is 20.1 Å². The van der Waals surface area contributed by atoms with E-state index < -0.39 is 22.7 Å². The van der Waals surface area contributed by atoms with Crippen LogP contribution in [0.2, 0.25) is 0 Å². The number of carbonyl (C=O) groups is 2. The van der Waals surface area contributed by atoms with Crippen molar-refractivity contribution in [3.63, 3.8) is 0 Å². The summed E-state index contributed by atoms with van der Waals surface area (Å²) in [5.74, 6) is -0.618. The summed E-state index contributed by atoms with van der Waals surface area (Å²) in [7, 11) is 0. The molecule has 1 N–H and O–H groups in total. The number of thiazole rings is 1. The topological polar surface area (TPSA) is 68.2 Å². The number of carbonyl (C=O) groups excluding carboxylic acids is 2. The number of ketones is 1. The van der Waals surface area contributed by atoms with Crippen LogP contribution in [0.1, 0.15) is 45.2 Å². The largest absolute Gasteiger partial charge is 0.416 e. The van der Waals surface area contributed by atoms with Crippen molar-refractivity contribution < 1.29 is 22.8 Å². The second kappa shape index (κ2) is 9.64. The highest BCUT2D eigenvalue weighted by atomic mass is 32.1. The van der Waals surface area contributed by atoms with Gasteiger partial charge in [0.05, 0.1) is 10.1 Å². The van der Waals surface area contributed by atoms with Crippen LogP contribution in [0, 0.1) is 5.41 Å². The van der Waals surface area contributed by atoms with E-state index in [1.54, 1.807) is 20.8 Å². The molecule has 1 aromatic heterocycles. The third-order valence-electron chi connectivity index (χ3n) is 4.32. The van der Waals surface area contributed by atoms with Crippen LogP contribution in [0.5, 0.6) is 0 Å². The van der Waals surface area contributed by atoms with Gasteiger partial charge in [0.2, 0.25) is 5.91 Å². The average Bonchev–Trinajstić information content (AvgIpc) is 2.94. The van der Waals surface area contributed by atoms with Crippen molar-refractivity contribution in [2.75, 3.05) is 6.54 Å². The Bertz CT molecular complexity index is 1140. The van der Waals surface area contributed by atoms with Crippen molar-refractivity contribution in [3.05, 3.63) is 54.9 Å². The van der Waals surface area contributed by atoms with Crippen LogP contribution in [0.15, 0.2) is 29.1 Å². The minimum atomic E-state index is -4.51. The maximum absolute atomic E-state index is 13.0. The predicted molar refractivity (Wildman–Crippen MR) is 115 cm³/mol. The fraction of sp³-hybridized carbons (Fsp3) is 0.409. The first-order chi connectivity index (χ1) is 14.3. The first-order valence-electron chi connectivity index (χ1n) is 9.74. The minimum Gasteiger partial charge on any atom is -0.355 e. The molecule has 0 fully saturated rings. The van der Waals surface area contributed by atoms with Gasteiger partial charge in [0.25, 0.3) is 5.56 Å². The van der Waals surface area contributed by atoms with E-state index in [2.05, 4.69) is 5.32 Å². The number of benzene rings is 1. The van der Waals surface area contributed by atoms with E-state index in [1.807, 2.05) is 6.92 Å². The summed E-state index contributed by atoms with van der Waals surface area (Å²) >= 11 is 0.962. The standard InChI is InChI=1S/C22H25F3N2O3S/c1-5-9-26-18(29)13-27-19(12-17(28)21(2,3)4)31-16(20(27)30)11-14-7-6-8-15(10-14)22(23,24)25/h6-8,10-12H,5,9,13H2,1-4H3,(H,26,29). The fourth-order valence-corrected chi connectivity index (χ4v) is 3.58. The number of nitrogens with one attached hydrogen (secondary N) is 1. The summed E-state index contributed by atoms with van der Waals surface area (Å²) in [5.41, 5.74) is -1.86. The van der Waals surface area contributed by atoms with Gasteiger partial charge in [-0.25, -0.2) is 0 Å². The maximum atomic E-state index is 13.0. The van der Waals surface area contributed by atoms with Crippen molar-refractivity contribution in [1.82, 2.24) is 9.88 Å². The summed E-state index contributed by atoms with van der Waals surface area (Å²) in [6.07, 6.45) is -1.14. The fourth-order valence-electron chi connectivity index (χ4n) is 2.54. The van der Waals surface area contributed by atoms with Crippen molar-refractivity contribution in [2.45, 2.75) is 46.8 Å². The molecule has 2 aromatic rings. The number of alkyl halides is 3. The first-order valence-corrected chi connectivity index (χ1v) is 10.6. The van der Waals surface area contributed by atoms with Gasteiger partial charge in [-0.15, -0.1) is 11.3 Å². The molecule has 5 nitrogen and oxygen atoms in total. The van der Waals surface area contributed by atoms with E-state index in [1.165, 1.54) is 28.9 Å². The molecule has 0 aliphatic heterocycles. The Labute approximate surface area is 181 Å². The zero-order chi connectivity index (χ0) is 23.4. The van der Waals surface area contributed by atoms with Crippen molar-refractivity contribution in [2.24, 2.45) is 5.41 Å². The SMILES string of the molecule is CCCNC(=O)Cn1c(=CC(=O)C(C)(C)C)sc(=Cc2cccc(C(F)(F)F)c2)c1=O. The van der Waals surface area contributed by atoms with Crippen molar-refractivity contribution in [3.8, 4) is 0 Å². The minimum absolute atomic E-state index is 0.135. The molecule has 1 aromatic carbocycles. The molecule has 0 saturated heterocycles. The number of hydrogen-bond donors (Lipinski definition) is 1. The molecule has 0 bridgehead atoms. The van der Waals surface area contributed by atoms with E-state index in [0.29, 0.717) is 6.54 Å². The van der Waals surface area contributed by atoms with Gasteiger partial charge in [-0.05, 0) is 30.2 Å². The molecule has 2 rings (SSSR count). The highest BCUT2D eigenvalue weighted by molar-refractivity contribution is 7.07. The summed E-state index contributed by atoms with van der Waals surface area (Å²) in [6.45, 7) is 7.23. The predicted octanol–water partition coefficient (Wildman–Crippen LogP) is 2.68.